The largest absolute Gasteiger partial charge is 0.496 e. The number of oxazole rings is 1. The normalized spacial score (nSPS) is 16.6. The highest BCUT2D eigenvalue weighted by molar-refractivity contribution is 7.92. The van der Waals surface area contributed by atoms with Gasteiger partial charge in [-0.3, -0.25) is 9.10 Å². The molecule has 0 aliphatic heterocycles. The van der Waals surface area contributed by atoms with E-state index in [0.29, 0.717) is 46.1 Å². The molecule has 2 N–H and O–H groups in total. The van der Waals surface area contributed by atoms with Crippen LogP contribution in [0.15, 0.2) is 80.4 Å². The molecule has 7 aromatic rings. The van der Waals surface area contributed by atoms with Crippen LogP contribution in [0.4, 0.5) is 14.5 Å². The molecule has 0 atom stereocenters. The molecule has 0 bridgehead atoms. The molecule has 8 rings (SSSR count). The first-order chi connectivity index (χ1) is 23.0. The number of aliphatic hydroxyl groups excluding tert-OH is 1. The van der Waals surface area contributed by atoms with Gasteiger partial charge in [0.15, 0.2) is 11.4 Å². The number of aliphatic hydroxyl groups is 1. The number of furan rings is 1. The summed E-state index contributed by atoms with van der Waals surface area (Å²) >= 11 is 0. The molecule has 0 saturated heterocycles. The first kappa shape index (κ1) is 30.1. The van der Waals surface area contributed by atoms with Crippen molar-refractivity contribution < 1.29 is 35.9 Å². The highest BCUT2D eigenvalue weighted by Crippen LogP contribution is 2.44. The third-order valence-corrected chi connectivity index (χ3v) is 10.1. The predicted molar refractivity (Wildman–Crippen MR) is 178 cm³/mol. The van der Waals surface area contributed by atoms with Crippen molar-refractivity contribution in [2.45, 2.75) is 18.9 Å². The third-order valence-electron chi connectivity index (χ3n) is 8.92. The van der Waals surface area contributed by atoms with Gasteiger partial charge in [-0.25, -0.2) is 22.2 Å². The molecule has 0 radical (unpaired) electrons. The molecule has 3 heterocycles. The Balaban J connectivity index is 1.41. The number of pyridine rings is 1. The summed E-state index contributed by atoms with van der Waals surface area (Å²) in [7, 11) is -2.41. The lowest BCUT2D eigenvalue weighted by molar-refractivity contribution is 0.0473. The van der Waals surface area contributed by atoms with Crippen molar-refractivity contribution in [1.82, 2.24) is 9.97 Å². The van der Waals surface area contributed by atoms with Crippen LogP contribution in [0.3, 0.4) is 0 Å². The second-order valence-corrected chi connectivity index (χ2v) is 14.0. The second-order valence-electron chi connectivity index (χ2n) is 12.1. The van der Waals surface area contributed by atoms with E-state index in [0.717, 1.165) is 6.26 Å². The zero-order valence-electron chi connectivity index (χ0n) is 25.6. The number of methoxy groups -OCH3 is 1. The molecule has 1 aliphatic carbocycles. The van der Waals surface area contributed by atoms with Crippen LogP contribution in [-0.4, -0.2) is 49.5 Å². The fraction of sp³-hybridized carbons (Fsp3) is 0.200. The molecular weight excluding hydrogens is 644 g/mol. The molecule has 0 amide bonds. The van der Waals surface area contributed by atoms with Crippen molar-refractivity contribution >= 4 is 59.7 Å². The van der Waals surface area contributed by atoms with Gasteiger partial charge in [0.1, 0.15) is 28.2 Å². The lowest BCUT2D eigenvalue weighted by Gasteiger charge is -2.36. The summed E-state index contributed by atoms with van der Waals surface area (Å²) in [5.74, 6) is -0.705. The summed E-state index contributed by atoms with van der Waals surface area (Å²) in [6.45, 7) is 0.102. The Kier molecular flexibility index (Phi) is 6.83. The molecule has 1 aliphatic rings. The smallest absolute Gasteiger partial charge is 0.260 e. The van der Waals surface area contributed by atoms with Gasteiger partial charge in [0, 0.05) is 28.9 Å². The van der Waals surface area contributed by atoms with E-state index >= 15 is 0 Å². The summed E-state index contributed by atoms with van der Waals surface area (Å²) in [5.41, 5.74) is 2.10. The van der Waals surface area contributed by atoms with Crippen LogP contribution < -0.4 is 14.6 Å². The maximum Gasteiger partial charge on any atom is 0.260 e. The number of aromatic nitrogens is 2. The Morgan fingerprint density at radius 1 is 1.00 bits per heavy atom. The number of fused-ring (bicyclic) bond motifs is 6. The molecule has 0 unspecified atom stereocenters. The van der Waals surface area contributed by atoms with Gasteiger partial charge in [0.2, 0.25) is 15.9 Å². The quantitative estimate of drug-likeness (QED) is 0.190. The number of nitrogens with zero attached hydrogens (tertiary/aromatic N) is 2. The minimum absolute atomic E-state index is 0.0456. The van der Waals surface area contributed by atoms with E-state index in [1.54, 1.807) is 36.4 Å². The average Bonchev–Trinajstić information content (AvgIpc) is 3.64. The van der Waals surface area contributed by atoms with Crippen LogP contribution in [-0.2, 0) is 10.0 Å². The number of ether oxygens (including phenoxy) is 1. The van der Waals surface area contributed by atoms with E-state index in [2.05, 4.69) is 9.97 Å². The molecule has 1 fully saturated rings. The number of nitrogens with one attached hydrogen (secondary N) is 1. The number of rotatable bonds is 7. The molecule has 3 aromatic heterocycles. The summed E-state index contributed by atoms with van der Waals surface area (Å²) < 4.78 is 74.5. The number of halogens is 2. The van der Waals surface area contributed by atoms with Gasteiger partial charge in [0.05, 0.1) is 41.6 Å². The Hall–Kier alpha value is -5.27. The summed E-state index contributed by atoms with van der Waals surface area (Å²) in [6.07, 6.45) is 1.51. The predicted octanol–water partition coefficient (Wildman–Crippen LogP) is 6.73. The SMILES string of the molecule is COc1ccc(-c2cc3c(cc2N(CC2CC(O)C2)S(C)(=O)=O)oc2c4ccc(F)cc4[nH]c(=O)c32)cc1-c1nc2c(F)cccc2o1. The number of para-hydroxylation sites is 1. The van der Waals surface area contributed by atoms with Gasteiger partial charge in [-0.15, -0.1) is 0 Å². The zero-order valence-corrected chi connectivity index (χ0v) is 26.4. The Morgan fingerprint density at radius 2 is 1.81 bits per heavy atom. The van der Waals surface area contributed by atoms with E-state index in [1.807, 2.05) is 0 Å². The molecular formula is C35H27F2N3O7S. The van der Waals surface area contributed by atoms with Crippen molar-refractivity contribution in [2.24, 2.45) is 5.92 Å². The molecule has 0 spiro atoms. The summed E-state index contributed by atoms with van der Waals surface area (Å²) in [5, 5.41) is 11.1. The highest BCUT2D eigenvalue weighted by atomic mass is 32.2. The van der Waals surface area contributed by atoms with Crippen LogP contribution in [0.5, 0.6) is 5.75 Å². The van der Waals surface area contributed by atoms with Crippen LogP contribution in [0.25, 0.3) is 66.5 Å². The highest BCUT2D eigenvalue weighted by Gasteiger charge is 2.33. The Morgan fingerprint density at radius 3 is 2.54 bits per heavy atom. The van der Waals surface area contributed by atoms with Crippen LogP contribution >= 0.6 is 0 Å². The first-order valence-electron chi connectivity index (χ1n) is 15.1. The fourth-order valence-electron chi connectivity index (χ4n) is 6.56. The number of anilines is 1. The fourth-order valence-corrected chi connectivity index (χ4v) is 7.55. The number of sulfonamides is 1. The molecule has 10 nitrogen and oxygen atoms in total. The van der Waals surface area contributed by atoms with Gasteiger partial charge in [-0.05, 0) is 72.9 Å². The lowest BCUT2D eigenvalue weighted by atomic mass is 9.82. The van der Waals surface area contributed by atoms with E-state index < -0.39 is 33.3 Å². The zero-order chi connectivity index (χ0) is 33.5. The maximum atomic E-state index is 14.6. The summed E-state index contributed by atoms with van der Waals surface area (Å²) in [6, 6.07) is 16.7. The van der Waals surface area contributed by atoms with Crippen molar-refractivity contribution in [2.75, 3.05) is 24.2 Å². The van der Waals surface area contributed by atoms with Gasteiger partial charge in [-0.1, -0.05) is 12.1 Å². The van der Waals surface area contributed by atoms with Crippen LogP contribution in [0, 0.1) is 17.6 Å². The first-order valence-corrected chi connectivity index (χ1v) is 16.9. The monoisotopic (exact) mass is 671 g/mol. The van der Waals surface area contributed by atoms with E-state index in [4.69, 9.17) is 13.6 Å². The number of H-pyrrole nitrogens is 1. The molecule has 1 saturated carbocycles. The number of hydrogen-bond donors (Lipinski definition) is 2. The topological polar surface area (TPSA) is 139 Å². The molecule has 48 heavy (non-hydrogen) atoms. The van der Waals surface area contributed by atoms with Crippen molar-refractivity contribution in [3.8, 4) is 28.3 Å². The molecule has 13 heteroatoms. The number of aromatic amines is 1. The van der Waals surface area contributed by atoms with Crippen LogP contribution in [0.1, 0.15) is 12.8 Å². The van der Waals surface area contributed by atoms with Crippen molar-refractivity contribution in [3.63, 3.8) is 0 Å². The minimum atomic E-state index is -3.88. The Bertz CT molecular complexity index is 2610. The van der Waals surface area contributed by atoms with Gasteiger partial charge in [0.25, 0.3) is 5.56 Å². The summed E-state index contributed by atoms with van der Waals surface area (Å²) in [4.78, 5) is 20.5. The maximum absolute atomic E-state index is 14.6. The molecule has 244 valence electrons. The second kappa shape index (κ2) is 10.9. The van der Waals surface area contributed by atoms with Gasteiger partial charge < -0.3 is 23.7 Å². The number of benzene rings is 4. The van der Waals surface area contributed by atoms with Crippen molar-refractivity contribution in [3.05, 3.63) is 88.7 Å². The standard InChI is InChI=1S/C35H27F2N3O7S/c1-45-28-9-6-18(12-24(28)35-39-32-25(37)4-3-5-29(32)47-35)22-14-23-30(15-27(22)40(48(2,43)44)16-17-10-20(41)11-17)46-33-21-8-7-19(36)13-26(21)38-34(42)31(23)33/h3-9,12-15,17,20,41H,10-11,16H2,1-2H3,(H,38,42). The Labute approximate surface area is 271 Å². The third kappa shape index (κ3) is 4.88. The van der Waals surface area contributed by atoms with Crippen molar-refractivity contribution in [1.29, 1.82) is 0 Å². The molecule has 4 aromatic carbocycles. The van der Waals surface area contributed by atoms with E-state index in [-0.39, 0.29) is 57.2 Å². The number of hydrogen-bond acceptors (Lipinski definition) is 8. The van der Waals surface area contributed by atoms with E-state index in [9.17, 15) is 27.1 Å². The van der Waals surface area contributed by atoms with Crippen LogP contribution in [0.2, 0.25) is 0 Å². The van der Waals surface area contributed by atoms with Gasteiger partial charge in [-0.2, -0.15) is 0 Å². The lowest BCUT2D eigenvalue weighted by Crippen LogP contribution is -2.41. The average molecular weight is 672 g/mol. The minimum Gasteiger partial charge on any atom is -0.496 e. The van der Waals surface area contributed by atoms with E-state index in [1.165, 1.54) is 41.7 Å². The van der Waals surface area contributed by atoms with Gasteiger partial charge >= 0.3 is 0 Å².